The molecule has 1 aromatic heterocycles. The monoisotopic (exact) mass is 218 g/mol. The van der Waals surface area contributed by atoms with Gasteiger partial charge in [-0.1, -0.05) is 6.07 Å². The van der Waals surface area contributed by atoms with Gasteiger partial charge in [0.25, 0.3) is 0 Å². The number of hydrogen-bond acceptors (Lipinski definition) is 4. The van der Waals surface area contributed by atoms with Crippen molar-refractivity contribution >= 4 is 16.7 Å². The van der Waals surface area contributed by atoms with Crippen LogP contribution >= 0.6 is 0 Å². The molecule has 0 bridgehead atoms. The molecule has 1 fully saturated rings. The van der Waals surface area contributed by atoms with E-state index in [2.05, 4.69) is 14.7 Å². The van der Waals surface area contributed by atoms with Crippen LogP contribution in [-0.2, 0) is 4.74 Å². The number of rotatable bonds is 1. The second-order valence-electron chi connectivity index (χ2n) is 3.87. The third kappa shape index (κ3) is 1.40. The van der Waals surface area contributed by atoms with Gasteiger partial charge in [0.2, 0.25) is 0 Å². The predicted octanol–water partition coefficient (Wildman–Crippen LogP) is 0.587. The van der Waals surface area contributed by atoms with Crippen molar-refractivity contribution in [3.8, 4) is 0 Å². The van der Waals surface area contributed by atoms with Crippen LogP contribution in [0.25, 0.3) is 11.0 Å². The van der Waals surface area contributed by atoms with E-state index in [1.165, 1.54) is 0 Å². The third-order valence-corrected chi connectivity index (χ3v) is 2.88. The summed E-state index contributed by atoms with van der Waals surface area (Å²) in [6.07, 6.45) is 1.83. The number of hydrogen-bond donors (Lipinski definition) is 1. The molecule has 84 valence electrons. The lowest BCUT2D eigenvalue weighted by Gasteiger charge is -2.29. The highest BCUT2D eigenvalue weighted by Crippen LogP contribution is 2.19. The van der Waals surface area contributed by atoms with E-state index in [1.807, 2.05) is 24.5 Å². The maximum Gasteiger partial charge on any atom is 0.116 e. The van der Waals surface area contributed by atoms with E-state index >= 15 is 0 Å². The Hall–Kier alpha value is -1.75. The van der Waals surface area contributed by atoms with Crippen molar-refractivity contribution in [2.24, 2.45) is 0 Å². The summed E-state index contributed by atoms with van der Waals surface area (Å²) in [6.45, 7) is 3.31. The summed E-state index contributed by atoms with van der Waals surface area (Å²) in [5.41, 5.74) is 8.53. The van der Waals surface area contributed by atoms with Gasteiger partial charge in [-0.15, -0.1) is 0 Å². The van der Waals surface area contributed by atoms with Crippen molar-refractivity contribution in [1.29, 1.82) is 0 Å². The number of morpholine rings is 1. The zero-order chi connectivity index (χ0) is 11.0. The summed E-state index contributed by atoms with van der Waals surface area (Å²) in [7, 11) is 0. The molecule has 3 rings (SSSR count). The van der Waals surface area contributed by atoms with Gasteiger partial charge < -0.3 is 15.5 Å². The first-order valence-electron chi connectivity index (χ1n) is 5.41. The van der Waals surface area contributed by atoms with Crippen LogP contribution < -0.4 is 10.7 Å². The fourth-order valence-electron chi connectivity index (χ4n) is 2.04. The number of nitrogens with zero attached hydrogens (tertiary/aromatic N) is 3. The van der Waals surface area contributed by atoms with Crippen molar-refractivity contribution < 1.29 is 4.74 Å². The van der Waals surface area contributed by atoms with Crippen LogP contribution in [0.3, 0.4) is 0 Å². The highest BCUT2D eigenvalue weighted by molar-refractivity contribution is 5.87. The molecule has 0 unspecified atom stereocenters. The van der Waals surface area contributed by atoms with E-state index in [0.29, 0.717) is 0 Å². The molecule has 16 heavy (non-hydrogen) atoms. The van der Waals surface area contributed by atoms with Crippen molar-refractivity contribution in [3.05, 3.63) is 24.5 Å². The average Bonchev–Trinajstić information content (AvgIpc) is 2.75. The number of aromatic nitrogens is 2. The number of nitrogen functional groups attached to an aromatic ring is 1. The first kappa shape index (κ1) is 9.47. The summed E-state index contributed by atoms with van der Waals surface area (Å²) >= 11 is 0. The van der Waals surface area contributed by atoms with Gasteiger partial charge in [-0.25, -0.2) is 9.66 Å². The molecule has 0 aliphatic carbocycles. The van der Waals surface area contributed by atoms with Crippen molar-refractivity contribution in [3.63, 3.8) is 0 Å². The highest BCUT2D eigenvalue weighted by atomic mass is 16.5. The molecule has 0 atom stereocenters. The normalized spacial score (nSPS) is 16.9. The number of para-hydroxylation sites is 1. The lowest BCUT2D eigenvalue weighted by molar-refractivity contribution is 0.112. The molecular formula is C11H14N4O. The Balaban J connectivity index is 2.06. The number of anilines is 1. The summed E-state index contributed by atoms with van der Waals surface area (Å²) in [4.78, 5) is 4.35. The maximum atomic E-state index is 5.88. The molecule has 0 amide bonds. The van der Waals surface area contributed by atoms with Crippen LogP contribution in [-0.4, -0.2) is 36.0 Å². The van der Waals surface area contributed by atoms with Crippen molar-refractivity contribution in [2.75, 3.05) is 37.0 Å². The van der Waals surface area contributed by atoms with E-state index in [4.69, 9.17) is 10.5 Å². The van der Waals surface area contributed by atoms with Crippen LogP contribution in [0.5, 0.6) is 0 Å². The average molecular weight is 218 g/mol. The largest absolute Gasteiger partial charge is 0.397 e. The first-order valence-corrected chi connectivity index (χ1v) is 5.41. The molecule has 5 heteroatoms. The van der Waals surface area contributed by atoms with Crippen LogP contribution in [0.15, 0.2) is 24.5 Å². The summed E-state index contributed by atoms with van der Waals surface area (Å²) in [6, 6.07) is 5.86. The van der Waals surface area contributed by atoms with Gasteiger partial charge in [0.15, 0.2) is 0 Å². The molecular weight excluding hydrogens is 204 g/mol. The van der Waals surface area contributed by atoms with Gasteiger partial charge in [0, 0.05) is 0 Å². The van der Waals surface area contributed by atoms with Gasteiger partial charge in [-0.3, -0.25) is 0 Å². The summed E-state index contributed by atoms with van der Waals surface area (Å²) < 4.78 is 7.40. The minimum absolute atomic E-state index is 0.726. The quantitative estimate of drug-likeness (QED) is 0.712. The Bertz CT molecular complexity index is 502. The maximum absolute atomic E-state index is 5.88. The SMILES string of the molecule is Nc1cccc2c1ncn2N1CCOCC1. The molecule has 1 aliphatic heterocycles. The molecule has 1 aromatic carbocycles. The van der Waals surface area contributed by atoms with Gasteiger partial charge >= 0.3 is 0 Å². The van der Waals surface area contributed by atoms with Crippen LogP contribution in [0.2, 0.25) is 0 Å². The molecule has 2 aromatic rings. The number of imidazole rings is 1. The number of nitrogens with two attached hydrogens (primary N) is 1. The summed E-state index contributed by atoms with van der Waals surface area (Å²) in [5.74, 6) is 0. The van der Waals surface area contributed by atoms with Crippen LogP contribution in [0, 0.1) is 0 Å². The zero-order valence-electron chi connectivity index (χ0n) is 8.97. The Labute approximate surface area is 93.4 Å². The van der Waals surface area contributed by atoms with Gasteiger partial charge in [0.05, 0.1) is 37.5 Å². The Morgan fingerprint density at radius 1 is 1.25 bits per heavy atom. The fraction of sp³-hybridized carbons (Fsp3) is 0.364. The van der Waals surface area contributed by atoms with Crippen molar-refractivity contribution in [1.82, 2.24) is 9.66 Å². The molecule has 2 heterocycles. The number of ether oxygens (including phenoxy) is 1. The Morgan fingerprint density at radius 3 is 2.88 bits per heavy atom. The minimum atomic E-state index is 0.726. The fourth-order valence-corrected chi connectivity index (χ4v) is 2.04. The number of fused-ring (bicyclic) bond motifs is 1. The standard InChI is InChI=1S/C11H14N4O/c12-9-2-1-3-10-11(9)13-8-15(10)14-4-6-16-7-5-14/h1-3,8H,4-7,12H2. The van der Waals surface area contributed by atoms with Gasteiger partial charge in [0.1, 0.15) is 11.8 Å². The van der Waals surface area contributed by atoms with Crippen LogP contribution in [0.4, 0.5) is 5.69 Å². The highest BCUT2D eigenvalue weighted by Gasteiger charge is 2.14. The Morgan fingerprint density at radius 2 is 2.06 bits per heavy atom. The molecule has 0 saturated carbocycles. The molecule has 5 nitrogen and oxygen atoms in total. The molecule has 2 N–H and O–H groups in total. The topological polar surface area (TPSA) is 56.3 Å². The Kier molecular flexibility index (Phi) is 2.18. The first-order chi connectivity index (χ1) is 7.86. The molecule has 1 aliphatic rings. The summed E-state index contributed by atoms with van der Waals surface area (Å²) in [5, 5.41) is 2.22. The third-order valence-electron chi connectivity index (χ3n) is 2.88. The minimum Gasteiger partial charge on any atom is -0.397 e. The van der Waals surface area contributed by atoms with E-state index in [0.717, 1.165) is 43.0 Å². The van der Waals surface area contributed by atoms with E-state index < -0.39 is 0 Å². The van der Waals surface area contributed by atoms with Gasteiger partial charge in [-0.2, -0.15) is 0 Å². The smallest absolute Gasteiger partial charge is 0.116 e. The molecule has 1 saturated heterocycles. The predicted molar refractivity (Wildman–Crippen MR) is 62.9 cm³/mol. The second kappa shape index (κ2) is 3.68. The second-order valence-corrected chi connectivity index (χ2v) is 3.87. The van der Waals surface area contributed by atoms with Crippen LogP contribution in [0.1, 0.15) is 0 Å². The molecule has 0 radical (unpaired) electrons. The lowest BCUT2D eigenvalue weighted by Crippen LogP contribution is -2.43. The lowest BCUT2D eigenvalue weighted by atomic mass is 10.3. The van der Waals surface area contributed by atoms with E-state index in [-0.39, 0.29) is 0 Å². The molecule has 0 spiro atoms. The van der Waals surface area contributed by atoms with Gasteiger partial charge in [-0.05, 0) is 12.1 Å². The van der Waals surface area contributed by atoms with E-state index in [9.17, 15) is 0 Å². The number of benzene rings is 1. The zero-order valence-corrected chi connectivity index (χ0v) is 8.97. The van der Waals surface area contributed by atoms with Crippen molar-refractivity contribution in [2.45, 2.75) is 0 Å². The van der Waals surface area contributed by atoms with E-state index in [1.54, 1.807) is 0 Å².